The Bertz CT molecular complexity index is 1220. The van der Waals surface area contributed by atoms with Crippen molar-refractivity contribution in [2.75, 3.05) is 0 Å². The van der Waals surface area contributed by atoms with Gasteiger partial charge >= 0.3 is 0 Å². The minimum absolute atomic E-state index is 0.0188. The third kappa shape index (κ3) is 3.88. The minimum atomic E-state index is -0.715. The first kappa shape index (κ1) is 20.6. The quantitative estimate of drug-likeness (QED) is 0.489. The minimum Gasteiger partial charge on any atom is -0.267 e. The summed E-state index contributed by atoms with van der Waals surface area (Å²) in [6.45, 7) is 3.67. The van der Waals surface area contributed by atoms with Gasteiger partial charge in [-0.05, 0) is 25.5 Å². The highest BCUT2D eigenvalue weighted by molar-refractivity contribution is 6.06. The second-order valence-electron chi connectivity index (χ2n) is 6.54. The molecular formula is C20H19N5O5. The molecule has 0 spiro atoms. The van der Waals surface area contributed by atoms with Gasteiger partial charge in [-0.2, -0.15) is 5.10 Å². The number of nitrogens with zero attached hydrogens (tertiary/aromatic N) is 3. The van der Waals surface area contributed by atoms with E-state index >= 15 is 0 Å². The van der Waals surface area contributed by atoms with Crippen LogP contribution in [-0.4, -0.2) is 26.5 Å². The molecule has 10 nitrogen and oxygen atoms in total. The number of aromatic nitrogens is 2. The predicted molar refractivity (Wildman–Crippen MR) is 109 cm³/mol. The van der Waals surface area contributed by atoms with E-state index in [-0.39, 0.29) is 28.1 Å². The molecule has 0 aliphatic carbocycles. The van der Waals surface area contributed by atoms with E-state index in [9.17, 15) is 24.5 Å². The lowest BCUT2D eigenvalue weighted by molar-refractivity contribution is -0.385. The second kappa shape index (κ2) is 8.52. The number of aryl methyl sites for hydroxylation is 1. The lowest BCUT2D eigenvalue weighted by atomic mass is 10.1. The zero-order valence-corrected chi connectivity index (χ0v) is 16.3. The predicted octanol–water partition coefficient (Wildman–Crippen LogP) is 2.10. The number of hydrazine groups is 1. The molecule has 0 aliphatic rings. The summed E-state index contributed by atoms with van der Waals surface area (Å²) in [5, 5.41) is 15.9. The summed E-state index contributed by atoms with van der Waals surface area (Å²) < 4.78 is 1.21. The van der Waals surface area contributed by atoms with Gasteiger partial charge in [-0.3, -0.25) is 35.3 Å². The number of benzene rings is 2. The van der Waals surface area contributed by atoms with Crippen LogP contribution in [0.4, 0.5) is 5.69 Å². The van der Waals surface area contributed by atoms with Crippen molar-refractivity contribution in [2.45, 2.75) is 26.8 Å². The molecule has 0 fully saturated rings. The molecule has 154 valence electrons. The van der Waals surface area contributed by atoms with E-state index in [1.54, 1.807) is 24.3 Å². The van der Waals surface area contributed by atoms with Crippen molar-refractivity contribution >= 4 is 28.3 Å². The molecule has 30 heavy (non-hydrogen) atoms. The van der Waals surface area contributed by atoms with E-state index in [4.69, 9.17) is 0 Å². The number of amides is 2. The number of hydrogen-bond acceptors (Lipinski definition) is 6. The fourth-order valence-electron chi connectivity index (χ4n) is 3.07. The number of nitrogens with one attached hydrogen (secondary N) is 2. The first-order valence-electron chi connectivity index (χ1n) is 9.19. The Balaban J connectivity index is 1.89. The maximum atomic E-state index is 12.7. The first-order chi connectivity index (χ1) is 14.3. The van der Waals surface area contributed by atoms with Crippen LogP contribution in [0.15, 0.2) is 47.3 Å². The molecule has 2 amide bonds. The molecule has 0 aliphatic heterocycles. The Morgan fingerprint density at radius 3 is 2.40 bits per heavy atom. The normalized spacial score (nSPS) is 10.6. The SMILES string of the molecule is CCCn1nc(C(=O)NNC(=O)c2cccc([N+](=O)[O-])c2C)c2ccccc2c1=O. The summed E-state index contributed by atoms with van der Waals surface area (Å²) in [4.78, 5) is 48.1. The Labute approximate surface area is 170 Å². The largest absolute Gasteiger partial charge is 0.290 e. The van der Waals surface area contributed by atoms with Crippen molar-refractivity contribution in [3.63, 3.8) is 0 Å². The van der Waals surface area contributed by atoms with Crippen LogP contribution in [0.5, 0.6) is 0 Å². The van der Waals surface area contributed by atoms with Crippen LogP contribution in [0.2, 0.25) is 0 Å². The highest BCUT2D eigenvalue weighted by Gasteiger charge is 2.20. The number of rotatable bonds is 5. The van der Waals surface area contributed by atoms with Gasteiger partial charge in [-0.25, -0.2) is 4.68 Å². The van der Waals surface area contributed by atoms with E-state index in [0.717, 1.165) is 0 Å². The topological polar surface area (TPSA) is 136 Å². The van der Waals surface area contributed by atoms with Crippen molar-refractivity contribution in [1.29, 1.82) is 0 Å². The van der Waals surface area contributed by atoms with Crippen LogP contribution in [0.25, 0.3) is 10.8 Å². The summed E-state index contributed by atoms with van der Waals surface area (Å²) in [6.07, 6.45) is 0.648. The molecule has 0 radical (unpaired) electrons. The molecule has 2 aromatic carbocycles. The molecule has 1 aromatic heterocycles. The number of nitro benzene ring substituents is 1. The standard InChI is InChI=1S/C20H19N5O5/c1-3-11-24-20(28)15-8-5-4-7-14(15)17(23-24)19(27)22-21-18(26)13-9-6-10-16(12(13)2)25(29)30/h4-10H,3,11H2,1-2H3,(H,21,26)(H,22,27). The van der Waals surface area contributed by atoms with Crippen molar-refractivity contribution in [3.05, 3.63) is 79.8 Å². The summed E-state index contributed by atoms with van der Waals surface area (Å²) in [5.74, 6) is -1.43. The molecule has 10 heteroatoms. The van der Waals surface area contributed by atoms with Crippen molar-refractivity contribution in [2.24, 2.45) is 0 Å². The highest BCUT2D eigenvalue weighted by atomic mass is 16.6. The smallest absolute Gasteiger partial charge is 0.267 e. The van der Waals surface area contributed by atoms with Gasteiger partial charge in [0, 0.05) is 23.6 Å². The van der Waals surface area contributed by atoms with E-state index in [1.165, 1.54) is 29.8 Å². The maximum Gasteiger partial charge on any atom is 0.290 e. The van der Waals surface area contributed by atoms with E-state index in [0.29, 0.717) is 23.7 Å². The Kier molecular flexibility index (Phi) is 5.86. The van der Waals surface area contributed by atoms with Crippen LogP contribution in [-0.2, 0) is 6.54 Å². The van der Waals surface area contributed by atoms with Crippen molar-refractivity contribution in [3.8, 4) is 0 Å². The van der Waals surface area contributed by atoms with Gasteiger partial charge in [0.05, 0.1) is 15.9 Å². The first-order valence-corrected chi connectivity index (χ1v) is 9.19. The summed E-state index contributed by atoms with van der Waals surface area (Å²) >= 11 is 0. The second-order valence-corrected chi connectivity index (χ2v) is 6.54. The van der Waals surface area contributed by atoms with Gasteiger partial charge in [-0.15, -0.1) is 0 Å². The zero-order valence-electron chi connectivity index (χ0n) is 16.3. The third-order valence-electron chi connectivity index (χ3n) is 4.55. The Hall–Kier alpha value is -4.08. The Morgan fingerprint density at radius 1 is 1.07 bits per heavy atom. The van der Waals surface area contributed by atoms with Gasteiger partial charge in [0.25, 0.3) is 23.1 Å². The van der Waals surface area contributed by atoms with Crippen LogP contribution in [0.1, 0.15) is 39.8 Å². The van der Waals surface area contributed by atoms with Gasteiger partial charge in [0.15, 0.2) is 5.69 Å². The zero-order chi connectivity index (χ0) is 21.8. The molecule has 2 N–H and O–H groups in total. The lowest BCUT2D eigenvalue weighted by Gasteiger charge is -2.12. The molecule has 0 saturated heterocycles. The van der Waals surface area contributed by atoms with Gasteiger partial charge in [0.1, 0.15) is 0 Å². The number of carbonyl (C=O) groups is 2. The maximum absolute atomic E-state index is 12.7. The van der Waals surface area contributed by atoms with Gasteiger partial charge in [-0.1, -0.05) is 31.2 Å². The molecule has 0 atom stereocenters. The average Bonchev–Trinajstić information content (AvgIpc) is 2.74. The molecule has 3 aromatic rings. The van der Waals surface area contributed by atoms with Crippen molar-refractivity contribution in [1.82, 2.24) is 20.6 Å². The molecule has 3 rings (SSSR count). The highest BCUT2D eigenvalue weighted by Crippen LogP contribution is 2.20. The van der Waals surface area contributed by atoms with E-state index in [2.05, 4.69) is 16.0 Å². The molecule has 0 bridgehead atoms. The van der Waals surface area contributed by atoms with Gasteiger partial charge < -0.3 is 0 Å². The van der Waals surface area contributed by atoms with E-state index in [1.807, 2.05) is 6.92 Å². The summed E-state index contributed by atoms with van der Waals surface area (Å²) in [6, 6.07) is 10.7. The average molecular weight is 409 g/mol. The van der Waals surface area contributed by atoms with E-state index < -0.39 is 16.7 Å². The molecule has 0 unspecified atom stereocenters. The Morgan fingerprint density at radius 2 is 1.73 bits per heavy atom. The molecular weight excluding hydrogens is 390 g/mol. The van der Waals surface area contributed by atoms with Crippen LogP contribution >= 0.6 is 0 Å². The summed E-state index contributed by atoms with van der Waals surface area (Å²) in [7, 11) is 0. The van der Waals surface area contributed by atoms with Crippen LogP contribution in [0.3, 0.4) is 0 Å². The number of fused-ring (bicyclic) bond motifs is 1. The lowest BCUT2D eigenvalue weighted by Crippen LogP contribution is -2.43. The number of hydrogen-bond donors (Lipinski definition) is 2. The summed E-state index contributed by atoms with van der Waals surface area (Å²) in [5.41, 5.74) is 4.22. The fourth-order valence-corrected chi connectivity index (χ4v) is 3.07. The van der Waals surface area contributed by atoms with Crippen LogP contribution < -0.4 is 16.4 Å². The third-order valence-corrected chi connectivity index (χ3v) is 4.55. The van der Waals surface area contributed by atoms with Crippen molar-refractivity contribution < 1.29 is 14.5 Å². The van der Waals surface area contributed by atoms with Crippen LogP contribution in [0, 0.1) is 17.0 Å². The monoisotopic (exact) mass is 409 g/mol. The molecule has 1 heterocycles. The number of nitro groups is 1. The molecule has 0 saturated carbocycles. The fraction of sp³-hybridized carbons (Fsp3) is 0.200. The van der Waals surface area contributed by atoms with Gasteiger partial charge in [0.2, 0.25) is 0 Å². The number of carbonyl (C=O) groups excluding carboxylic acids is 2.